The van der Waals surface area contributed by atoms with Gasteiger partial charge in [0.1, 0.15) is 11.4 Å². The molecule has 0 aliphatic carbocycles. The number of fused-ring (bicyclic) bond motifs is 1. The van der Waals surface area contributed by atoms with Gasteiger partial charge in [-0.05, 0) is 24.2 Å². The van der Waals surface area contributed by atoms with Crippen LogP contribution >= 0.6 is 0 Å². The van der Waals surface area contributed by atoms with Crippen LogP contribution in [-0.4, -0.2) is 43.6 Å². The van der Waals surface area contributed by atoms with E-state index >= 15 is 0 Å². The lowest BCUT2D eigenvalue weighted by Crippen LogP contribution is -2.45. The topological polar surface area (TPSA) is 24.5 Å². The van der Waals surface area contributed by atoms with E-state index in [1.807, 2.05) is 12.1 Å². The molecule has 1 N–H and O–H groups in total. The van der Waals surface area contributed by atoms with E-state index in [1.54, 1.807) is 0 Å². The zero-order chi connectivity index (χ0) is 14.9. The summed E-state index contributed by atoms with van der Waals surface area (Å²) in [4.78, 5) is 2.33. The fourth-order valence-corrected chi connectivity index (χ4v) is 3.23. The van der Waals surface area contributed by atoms with Gasteiger partial charge in [0.05, 0.1) is 6.54 Å². The van der Waals surface area contributed by atoms with E-state index in [-0.39, 0.29) is 12.1 Å². The Kier molecular flexibility index (Phi) is 4.13. The summed E-state index contributed by atoms with van der Waals surface area (Å²) in [7, 11) is 2.14. The molecular formula is C16H22F2N2O. The number of hydrogen-bond donors (Lipinski definition) is 1. The van der Waals surface area contributed by atoms with E-state index in [4.69, 9.17) is 4.74 Å². The molecule has 2 aliphatic heterocycles. The van der Waals surface area contributed by atoms with E-state index in [0.29, 0.717) is 6.54 Å². The van der Waals surface area contributed by atoms with Crippen LogP contribution in [0.2, 0.25) is 0 Å². The van der Waals surface area contributed by atoms with Gasteiger partial charge in [-0.1, -0.05) is 12.1 Å². The smallest absolute Gasteiger partial charge is 0.250 e. The second-order valence-electron chi connectivity index (χ2n) is 6.23. The summed E-state index contributed by atoms with van der Waals surface area (Å²) in [5, 5.41) is 2.77. The fraction of sp³-hybridized carbons (Fsp3) is 0.625. The summed E-state index contributed by atoms with van der Waals surface area (Å²) in [5.74, 6) is 0.970. The fourth-order valence-electron chi connectivity index (χ4n) is 3.23. The molecule has 3 nitrogen and oxygen atoms in total. The maximum Gasteiger partial charge on any atom is 0.250 e. The second-order valence-corrected chi connectivity index (χ2v) is 6.23. The number of ether oxygens (including phenoxy) is 1. The Morgan fingerprint density at radius 2 is 2.10 bits per heavy atom. The highest BCUT2D eigenvalue weighted by atomic mass is 19.3. The average Bonchev–Trinajstić information content (AvgIpc) is 2.79. The Balaban J connectivity index is 1.64. The molecule has 21 heavy (non-hydrogen) atoms. The first-order valence-electron chi connectivity index (χ1n) is 7.55. The number of halogens is 2. The summed E-state index contributed by atoms with van der Waals surface area (Å²) in [6, 6.07) is 6.05. The molecule has 1 fully saturated rings. The Morgan fingerprint density at radius 3 is 2.81 bits per heavy atom. The number of piperidine rings is 1. The van der Waals surface area contributed by atoms with Gasteiger partial charge in [0.2, 0.25) is 0 Å². The highest BCUT2D eigenvalue weighted by Gasteiger charge is 2.41. The van der Waals surface area contributed by atoms with Crippen LogP contribution in [0.25, 0.3) is 0 Å². The average molecular weight is 296 g/mol. The van der Waals surface area contributed by atoms with E-state index in [0.717, 1.165) is 43.7 Å². The van der Waals surface area contributed by atoms with Crippen LogP contribution in [0.4, 0.5) is 8.78 Å². The lowest BCUT2D eigenvalue weighted by atomic mass is 9.87. The van der Waals surface area contributed by atoms with E-state index in [1.165, 1.54) is 5.56 Å². The standard InChI is InChI=1S/C16H22F2N2O/c1-20-6-4-16(5-7-20)9-13-8-12(2-3-14(13)21-16)10-19-11-15(17)18/h2-3,8,15,19H,4-7,9-11H2,1H3. The molecule has 0 atom stereocenters. The SMILES string of the molecule is CN1CCC2(CC1)Cc1cc(CNCC(F)F)ccc1O2. The van der Waals surface area contributed by atoms with Gasteiger partial charge in [-0.25, -0.2) is 8.78 Å². The largest absolute Gasteiger partial charge is 0.487 e. The molecule has 3 rings (SSSR count). The Hall–Kier alpha value is -1.20. The number of nitrogens with one attached hydrogen (secondary N) is 1. The van der Waals surface area contributed by atoms with Crippen molar-refractivity contribution in [3.05, 3.63) is 29.3 Å². The first-order valence-corrected chi connectivity index (χ1v) is 7.55. The minimum Gasteiger partial charge on any atom is -0.487 e. The number of rotatable bonds is 4. The molecule has 0 saturated carbocycles. The number of nitrogens with zero attached hydrogens (tertiary/aromatic N) is 1. The van der Waals surface area contributed by atoms with Crippen LogP contribution in [0.1, 0.15) is 24.0 Å². The van der Waals surface area contributed by atoms with Gasteiger partial charge < -0.3 is 15.0 Å². The third-order valence-electron chi connectivity index (χ3n) is 4.49. The summed E-state index contributed by atoms with van der Waals surface area (Å²) in [5.41, 5.74) is 2.23. The van der Waals surface area contributed by atoms with Gasteiger partial charge in [-0.3, -0.25) is 0 Å². The third kappa shape index (κ3) is 3.35. The van der Waals surface area contributed by atoms with Gasteiger partial charge in [-0.15, -0.1) is 0 Å². The minimum absolute atomic E-state index is 0.0378. The van der Waals surface area contributed by atoms with Crippen LogP contribution in [0.15, 0.2) is 18.2 Å². The van der Waals surface area contributed by atoms with Gasteiger partial charge in [0, 0.05) is 38.9 Å². The van der Waals surface area contributed by atoms with Crippen molar-refractivity contribution in [2.24, 2.45) is 0 Å². The maximum absolute atomic E-state index is 12.1. The van der Waals surface area contributed by atoms with E-state index < -0.39 is 6.43 Å². The highest BCUT2D eigenvalue weighted by molar-refractivity contribution is 5.42. The van der Waals surface area contributed by atoms with Crippen molar-refractivity contribution in [3.8, 4) is 5.75 Å². The molecule has 2 aliphatic rings. The number of alkyl halides is 2. The molecule has 0 bridgehead atoms. The van der Waals surface area contributed by atoms with Crippen molar-refractivity contribution in [2.75, 3.05) is 26.7 Å². The number of hydrogen-bond acceptors (Lipinski definition) is 3. The summed E-state index contributed by atoms with van der Waals surface area (Å²) in [6.07, 6.45) is 0.748. The quantitative estimate of drug-likeness (QED) is 0.923. The van der Waals surface area contributed by atoms with Crippen LogP contribution in [0.3, 0.4) is 0 Å². The first-order chi connectivity index (χ1) is 10.1. The Bertz CT molecular complexity index is 499. The number of likely N-dealkylation sites (tertiary alicyclic amines) is 1. The zero-order valence-corrected chi connectivity index (χ0v) is 12.4. The van der Waals surface area contributed by atoms with Gasteiger partial charge in [-0.2, -0.15) is 0 Å². The van der Waals surface area contributed by atoms with Gasteiger partial charge in [0.15, 0.2) is 0 Å². The normalized spacial score (nSPS) is 20.8. The molecular weight excluding hydrogens is 274 g/mol. The minimum atomic E-state index is -2.30. The monoisotopic (exact) mass is 296 g/mol. The predicted molar refractivity (Wildman–Crippen MR) is 77.9 cm³/mol. The van der Waals surface area contributed by atoms with E-state index in [9.17, 15) is 8.78 Å². The molecule has 1 aromatic carbocycles. The Morgan fingerprint density at radius 1 is 1.33 bits per heavy atom. The van der Waals surface area contributed by atoms with Gasteiger partial charge in [0.25, 0.3) is 6.43 Å². The van der Waals surface area contributed by atoms with Crippen molar-refractivity contribution in [1.29, 1.82) is 0 Å². The van der Waals surface area contributed by atoms with Crippen LogP contribution in [0, 0.1) is 0 Å². The Labute approximate surface area is 124 Å². The summed E-state index contributed by atoms with van der Waals surface area (Å²) < 4.78 is 30.5. The highest BCUT2D eigenvalue weighted by Crippen LogP contribution is 2.41. The second kappa shape index (κ2) is 5.89. The van der Waals surface area contributed by atoms with Crippen LogP contribution in [0.5, 0.6) is 5.75 Å². The number of benzene rings is 1. The molecule has 1 spiro atoms. The van der Waals surface area contributed by atoms with Crippen molar-refractivity contribution in [1.82, 2.24) is 10.2 Å². The van der Waals surface area contributed by atoms with Crippen molar-refractivity contribution in [2.45, 2.75) is 37.8 Å². The molecule has 0 radical (unpaired) electrons. The van der Waals surface area contributed by atoms with Crippen LogP contribution in [-0.2, 0) is 13.0 Å². The summed E-state index contributed by atoms with van der Waals surface area (Å²) >= 11 is 0. The molecule has 1 saturated heterocycles. The van der Waals surface area contributed by atoms with E-state index in [2.05, 4.69) is 23.3 Å². The van der Waals surface area contributed by atoms with Crippen LogP contribution < -0.4 is 10.1 Å². The molecule has 0 unspecified atom stereocenters. The zero-order valence-electron chi connectivity index (χ0n) is 12.4. The molecule has 5 heteroatoms. The molecule has 116 valence electrons. The predicted octanol–water partition coefficient (Wildman–Crippen LogP) is 2.44. The molecule has 0 amide bonds. The molecule has 2 heterocycles. The molecule has 1 aromatic rings. The molecule has 0 aromatic heterocycles. The first kappa shape index (κ1) is 14.7. The third-order valence-corrected chi connectivity index (χ3v) is 4.49. The summed E-state index contributed by atoms with van der Waals surface area (Å²) in [6.45, 7) is 2.35. The van der Waals surface area contributed by atoms with Crippen molar-refractivity contribution in [3.63, 3.8) is 0 Å². The lowest BCUT2D eigenvalue weighted by molar-refractivity contribution is 0.0271. The van der Waals surface area contributed by atoms with Gasteiger partial charge >= 0.3 is 0 Å². The lowest BCUT2D eigenvalue weighted by Gasteiger charge is -2.37. The van der Waals surface area contributed by atoms with Crippen molar-refractivity contribution < 1.29 is 13.5 Å². The van der Waals surface area contributed by atoms with Crippen molar-refractivity contribution >= 4 is 0 Å². The maximum atomic E-state index is 12.1.